The fraction of sp³-hybridized carbons (Fsp3) is 0.407. The van der Waals surface area contributed by atoms with Crippen molar-refractivity contribution in [2.45, 2.75) is 51.7 Å². The number of aliphatic carboxylic acids is 1. The summed E-state index contributed by atoms with van der Waals surface area (Å²) < 4.78 is 12.8. The monoisotopic (exact) mass is 466 g/mol. The van der Waals surface area contributed by atoms with Crippen LogP contribution in [-0.4, -0.2) is 40.2 Å². The summed E-state index contributed by atoms with van der Waals surface area (Å²) >= 11 is 0. The highest BCUT2D eigenvalue weighted by Crippen LogP contribution is 2.36. The van der Waals surface area contributed by atoms with Crippen molar-refractivity contribution in [3.63, 3.8) is 0 Å². The first-order chi connectivity index (χ1) is 16.4. The number of carboxylic acid groups (broad SMARTS) is 1. The van der Waals surface area contributed by atoms with Crippen LogP contribution in [0.5, 0.6) is 11.5 Å². The van der Waals surface area contributed by atoms with Crippen LogP contribution in [0.2, 0.25) is 0 Å². The fourth-order valence-corrected chi connectivity index (χ4v) is 4.23. The number of carboxylic acids is 1. The van der Waals surface area contributed by atoms with Crippen LogP contribution in [0.4, 0.5) is 0 Å². The lowest BCUT2D eigenvalue weighted by molar-refractivity contribution is -0.136. The molecule has 2 N–H and O–H groups in total. The Bertz CT molecular complexity index is 1040. The number of rotatable bonds is 13. The molecule has 2 aromatic carbocycles. The van der Waals surface area contributed by atoms with E-state index in [4.69, 9.17) is 14.6 Å². The van der Waals surface area contributed by atoms with Crippen LogP contribution in [0, 0.1) is 12.8 Å². The predicted molar refractivity (Wildman–Crippen MR) is 130 cm³/mol. The van der Waals surface area contributed by atoms with E-state index in [-0.39, 0.29) is 12.3 Å². The molecule has 3 rings (SSSR count). The molecule has 0 spiro atoms. The molecule has 0 amide bonds. The minimum atomic E-state index is -0.842. The summed E-state index contributed by atoms with van der Waals surface area (Å²) in [5.74, 6) is 0.400. The molecule has 0 radical (unpaired) electrons. The van der Waals surface area contributed by atoms with Gasteiger partial charge in [0.15, 0.2) is 0 Å². The second-order valence-electron chi connectivity index (χ2n) is 8.56. The molecule has 7 nitrogen and oxygen atoms in total. The minimum Gasteiger partial charge on any atom is -0.496 e. The standard InChI is InChI=1S/C27H34N2O5/c1-19-24(33-2)16-22(17-25(19)34-3)27(32)21(11-7-10-20-8-5-4-6-9-20)18-29-15-14-23(28-29)12-13-26(30)31/h4-6,8-9,14-17,21,27,32H,7,10-13,18H2,1-3H3,(H,30,31). The zero-order chi connectivity index (χ0) is 24.5. The predicted octanol–water partition coefficient (Wildman–Crippen LogP) is 4.60. The van der Waals surface area contributed by atoms with E-state index in [1.807, 2.05) is 49.5 Å². The number of aryl methyl sites for hydroxylation is 2. The van der Waals surface area contributed by atoms with Gasteiger partial charge in [-0.15, -0.1) is 0 Å². The summed E-state index contributed by atoms with van der Waals surface area (Å²) in [6, 6.07) is 15.9. The Labute approximate surface area is 201 Å². The summed E-state index contributed by atoms with van der Waals surface area (Å²) in [7, 11) is 3.22. The van der Waals surface area contributed by atoms with Gasteiger partial charge in [0.2, 0.25) is 0 Å². The van der Waals surface area contributed by atoms with E-state index in [2.05, 4.69) is 17.2 Å². The van der Waals surface area contributed by atoms with Crippen molar-refractivity contribution in [3.05, 3.63) is 77.1 Å². The maximum Gasteiger partial charge on any atom is 0.303 e. The lowest BCUT2D eigenvalue weighted by atomic mass is 9.89. The Morgan fingerprint density at radius 1 is 1.06 bits per heavy atom. The molecule has 7 heteroatoms. The number of hydrogen-bond donors (Lipinski definition) is 2. The summed E-state index contributed by atoms with van der Waals surface area (Å²) in [5.41, 5.74) is 3.63. The van der Waals surface area contributed by atoms with Crippen LogP contribution < -0.4 is 9.47 Å². The third kappa shape index (κ3) is 6.84. The van der Waals surface area contributed by atoms with E-state index >= 15 is 0 Å². The van der Waals surface area contributed by atoms with Crippen molar-refractivity contribution in [1.29, 1.82) is 0 Å². The van der Waals surface area contributed by atoms with Gasteiger partial charge in [-0.25, -0.2) is 0 Å². The molecular weight excluding hydrogens is 432 g/mol. The largest absolute Gasteiger partial charge is 0.496 e. The molecule has 1 aromatic heterocycles. The van der Waals surface area contributed by atoms with Gasteiger partial charge in [-0.3, -0.25) is 9.48 Å². The number of carbonyl (C=O) groups is 1. The Morgan fingerprint density at radius 3 is 2.35 bits per heavy atom. The molecule has 0 aliphatic carbocycles. The van der Waals surface area contributed by atoms with Crippen molar-refractivity contribution in [1.82, 2.24) is 9.78 Å². The Kier molecular flexibility index (Phi) is 9.10. The molecule has 0 aliphatic rings. The summed E-state index contributed by atoms with van der Waals surface area (Å²) in [6.45, 7) is 2.44. The summed E-state index contributed by atoms with van der Waals surface area (Å²) in [5, 5.41) is 24.9. The minimum absolute atomic E-state index is 0.0447. The van der Waals surface area contributed by atoms with Gasteiger partial charge in [-0.2, -0.15) is 5.10 Å². The number of aliphatic hydroxyl groups excluding tert-OH is 1. The van der Waals surface area contributed by atoms with Crippen molar-refractivity contribution < 1.29 is 24.5 Å². The number of nitrogens with zero attached hydrogens (tertiary/aromatic N) is 2. The van der Waals surface area contributed by atoms with Gasteiger partial charge in [-0.1, -0.05) is 30.3 Å². The molecule has 0 fully saturated rings. The third-order valence-corrected chi connectivity index (χ3v) is 6.16. The number of ether oxygens (including phenoxy) is 2. The molecule has 0 saturated heterocycles. The highest BCUT2D eigenvalue weighted by molar-refractivity contribution is 5.66. The van der Waals surface area contributed by atoms with Crippen LogP contribution in [-0.2, 0) is 24.2 Å². The quantitative estimate of drug-likeness (QED) is 0.382. The Hall–Kier alpha value is -3.32. The first kappa shape index (κ1) is 25.3. The van der Waals surface area contributed by atoms with Crippen molar-refractivity contribution in [3.8, 4) is 11.5 Å². The number of hydrogen-bond acceptors (Lipinski definition) is 5. The van der Waals surface area contributed by atoms with Crippen LogP contribution in [0.15, 0.2) is 54.7 Å². The van der Waals surface area contributed by atoms with E-state index in [1.54, 1.807) is 18.9 Å². The molecule has 0 saturated carbocycles. The van der Waals surface area contributed by atoms with Crippen LogP contribution in [0.25, 0.3) is 0 Å². The van der Waals surface area contributed by atoms with Gasteiger partial charge < -0.3 is 19.7 Å². The van der Waals surface area contributed by atoms with Gasteiger partial charge in [-0.05, 0) is 55.5 Å². The van der Waals surface area contributed by atoms with Crippen molar-refractivity contribution in [2.24, 2.45) is 5.92 Å². The Morgan fingerprint density at radius 2 is 1.74 bits per heavy atom. The second kappa shape index (κ2) is 12.2. The van der Waals surface area contributed by atoms with Crippen LogP contribution in [0.1, 0.15) is 47.8 Å². The average molecular weight is 467 g/mol. The SMILES string of the molecule is COc1cc(C(O)C(CCCc2ccccc2)Cn2ccc(CCC(=O)O)n2)cc(OC)c1C. The first-order valence-corrected chi connectivity index (χ1v) is 11.6. The van der Waals surface area contributed by atoms with Gasteiger partial charge in [0.1, 0.15) is 11.5 Å². The number of aliphatic hydroxyl groups is 1. The Balaban J connectivity index is 1.79. The van der Waals surface area contributed by atoms with E-state index < -0.39 is 12.1 Å². The maximum atomic E-state index is 11.4. The molecule has 182 valence electrons. The molecule has 0 aliphatic heterocycles. The normalized spacial score (nSPS) is 12.8. The topological polar surface area (TPSA) is 93.8 Å². The van der Waals surface area contributed by atoms with Crippen molar-refractivity contribution in [2.75, 3.05) is 14.2 Å². The molecule has 34 heavy (non-hydrogen) atoms. The first-order valence-electron chi connectivity index (χ1n) is 11.6. The molecule has 1 heterocycles. The lowest BCUT2D eigenvalue weighted by Crippen LogP contribution is -2.20. The van der Waals surface area contributed by atoms with Gasteiger partial charge in [0.25, 0.3) is 0 Å². The van der Waals surface area contributed by atoms with Crippen LogP contribution >= 0.6 is 0 Å². The fourth-order valence-electron chi connectivity index (χ4n) is 4.23. The number of methoxy groups -OCH3 is 2. The second-order valence-corrected chi connectivity index (χ2v) is 8.56. The van der Waals surface area contributed by atoms with Gasteiger partial charge in [0, 0.05) is 30.6 Å². The van der Waals surface area contributed by atoms with E-state index in [0.717, 1.165) is 36.1 Å². The lowest BCUT2D eigenvalue weighted by Gasteiger charge is -2.25. The summed E-state index contributed by atoms with van der Waals surface area (Å²) in [6.07, 6.45) is 4.17. The van der Waals surface area contributed by atoms with Gasteiger partial charge in [0.05, 0.1) is 32.4 Å². The van der Waals surface area contributed by atoms with E-state index in [0.29, 0.717) is 24.5 Å². The van der Waals surface area contributed by atoms with E-state index in [9.17, 15) is 9.90 Å². The molecule has 3 aromatic rings. The maximum absolute atomic E-state index is 11.4. The zero-order valence-corrected chi connectivity index (χ0v) is 20.1. The van der Waals surface area contributed by atoms with Gasteiger partial charge >= 0.3 is 5.97 Å². The third-order valence-electron chi connectivity index (χ3n) is 6.16. The number of benzene rings is 2. The highest BCUT2D eigenvalue weighted by atomic mass is 16.5. The molecular formula is C27H34N2O5. The molecule has 2 atom stereocenters. The molecule has 2 unspecified atom stereocenters. The van der Waals surface area contributed by atoms with Crippen LogP contribution in [0.3, 0.4) is 0 Å². The smallest absolute Gasteiger partial charge is 0.303 e. The average Bonchev–Trinajstić information content (AvgIpc) is 3.30. The van der Waals surface area contributed by atoms with Crippen molar-refractivity contribution >= 4 is 5.97 Å². The molecule has 0 bridgehead atoms. The summed E-state index contributed by atoms with van der Waals surface area (Å²) in [4.78, 5) is 10.9. The van der Waals surface area contributed by atoms with E-state index in [1.165, 1.54) is 5.56 Å². The zero-order valence-electron chi connectivity index (χ0n) is 20.1. The highest BCUT2D eigenvalue weighted by Gasteiger charge is 2.24. The number of aromatic nitrogens is 2.